The topological polar surface area (TPSA) is 15.3 Å². The summed E-state index contributed by atoms with van der Waals surface area (Å²) in [6.45, 7) is 10.1. The molecular weight excluding hydrogens is 300 g/mol. The molecule has 0 aromatic heterocycles. The van der Waals surface area contributed by atoms with Gasteiger partial charge in [0, 0.05) is 29.3 Å². The molecule has 1 fully saturated rings. The lowest BCUT2D eigenvalue weighted by molar-refractivity contribution is 0.567. The van der Waals surface area contributed by atoms with Gasteiger partial charge < -0.3 is 10.2 Å². The molecule has 2 atom stereocenters. The number of nitrogens with one attached hydrogen (secondary N) is 1. The van der Waals surface area contributed by atoms with Crippen molar-refractivity contribution < 1.29 is 0 Å². The van der Waals surface area contributed by atoms with Crippen molar-refractivity contribution in [2.75, 3.05) is 24.5 Å². The van der Waals surface area contributed by atoms with E-state index in [0.29, 0.717) is 6.04 Å². The molecular formula is C16H25BrN2. The smallest absolute Gasteiger partial charge is 0.0415 e. The third kappa shape index (κ3) is 3.51. The van der Waals surface area contributed by atoms with Gasteiger partial charge in [-0.1, -0.05) is 36.2 Å². The van der Waals surface area contributed by atoms with Gasteiger partial charge in [-0.25, -0.2) is 0 Å². The van der Waals surface area contributed by atoms with Crippen LogP contribution >= 0.6 is 15.9 Å². The summed E-state index contributed by atoms with van der Waals surface area (Å²) >= 11 is 3.60. The van der Waals surface area contributed by atoms with Crippen LogP contribution in [0.25, 0.3) is 0 Å². The van der Waals surface area contributed by atoms with Gasteiger partial charge in [0.05, 0.1) is 0 Å². The highest BCUT2D eigenvalue weighted by atomic mass is 79.9. The van der Waals surface area contributed by atoms with Gasteiger partial charge in [0.15, 0.2) is 0 Å². The van der Waals surface area contributed by atoms with E-state index in [4.69, 9.17) is 0 Å². The van der Waals surface area contributed by atoms with E-state index in [-0.39, 0.29) is 0 Å². The molecule has 1 N–H and O–H groups in total. The van der Waals surface area contributed by atoms with Crippen LogP contribution in [0.1, 0.15) is 45.2 Å². The van der Waals surface area contributed by atoms with Crippen molar-refractivity contribution in [3.8, 4) is 0 Å². The molecule has 0 spiro atoms. The normalized spacial score (nSPS) is 20.8. The standard InChI is InChI=1S/C16H25BrN2/c1-4-13-8-9-19(11-13)16-7-6-14(17)10-15(16)12(3)18-5-2/h6-7,10,12-13,18H,4-5,8-9,11H2,1-3H3. The maximum atomic E-state index is 3.60. The van der Waals surface area contributed by atoms with Crippen LogP contribution < -0.4 is 10.2 Å². The van der Waals surface area contributed by atoms with E-state index in [1.54, 1.807) is 0 Å². The Morgan fingerprint density at radius 1 is 1.42 bits per heavy atom. The van der Waals surface area contributed by atoms with Crippen molar-refractivity contribution in [2.45, 2.75) is 39.7 Å². The first-order chi connectivity index (χ1) is 9.15. The fraction of sp³-hybridized carbons (Fsp3) is 0.625. The van der Waals surface area contributed by atoms with Gasteiger partial charge >= 0.3 is 0 Å². The third-order valence-corrected chi connectivity index (χ3v) is 4.66. The summed E-state index contributed by atoms with van der Waals surface area (Å²) in [7, 11) is 0. The van der Waals surface area contributed by atoms with E-state index < -0.39 is 0 Å². The van der Waals surface area contributed by atoms with E-state index in [0.717, 1.165) is 12.5 Å². The number of nitrogens with zero attached hydrogens (tertiary/aromatic N) is 1. The van der Waals surface area contributed by atoms with Crippen molar-refractivity contribution in [3.63, 3.8) is 0 Å². The largest absolute Gasteiger partial charge is 0.371 e. The number of halogens is 1. The lowest BCUT2D eigenvalue weighted by Gasteiger charge is -2.25. The molecule has 2 nitrogen and oxygen atoms in total. The number of hydrogen-bond acceptors (Lipinski definition) is 2. The van der Waals surface area contributed by atoms with Gasteiger partial charge in [-0.2, -0.15) is 0 Å². The highest BCUT2D eigenvalue weighted by Crippen LogP contribution is 2.33. The number of anilines is 1. The van der Waals surface area contributed by atoms with Crippen LogP contribution in [0.15, 0.2) is 22.7 Å². The summed E-state index contributed by atoms with van der Waals surface area (Å²) in [4.78, 5) is 2.56. The van der Waals surface area contributed by atoms with Gasteiger partial charge in [-0.15, -0.1) is 0 Å². The highest BCUT2D eigenvalue weighted by Gasteiger charge is 2.24. The van der Waals surface area contributed by atoms with Crippen LogP contribution in [0.3, 0.4) is 0 Å². The summed E-state index contributed by atoms with van der Waals surface area (Å²) in [5.74, 6) is 0.867. The van der Waals surface area contributed by atoms with Gasteiger partial charge in [0.1, 0.15) is 0 Å². The Balaban J connectivity index is 2.24. The Labute approximate surface area is 125 Å². The molecule has 2 unspecified atom stereocenters. The fourth-order valence-electron chi connectivity index (χ4n) is 2.96. The first-order valence-corrected chi connectivity index (χ1v) is 8.22. The first-order valence-electron chi connectivity index (χ1n) is 7.43. The fourth-order valence-corrected chi connectivity index (χ4v) is 3.34. The number of benzene rings is 1. The third-order valence-electron chi connectivity index (χ3n) is 4.17. The van der Waals surface area contributed by atoms with Crippen LogP contribution in [-0.2, 0) is 0 Å². The maximum absolute atomic E-state index is 3.60. The maximum Gasteiger partial charge on any atom is 0.0415 e. The van der Waals surface area contributed by atoms with Gasteiger partial charge in [-0.05, 0) is 49.6 Å². The summed E-state index contributed by atoms with van der Waals surface area (Å²) in [6.07, 6.45) is 2.63. The van der Waals surface area contributed by atoms with Gasteiger partial charge in [0.2, 0.25) is 0 Å². The zero-order valence-electron chi connectivity index (χ0n) is 12.2. The van der Waals surface area contributed by atoms with Crippen LogP contribution in [0, 0.1) is 5.92 Å². The minimum absolute atomic E-state index is 0.401. The molecule has 1 aliphatic rings. The Morgan fingerprint density at radius 2 is 2.21 bits per heavy atom. The van der Waals surface area contributed by atoms with Gasteiger partial charge in [-0.3, -0.25) is 0 Å². The molecule has 0 amide bonds. The number of hydrogen-bond donors (Lipinski definition) is 1. The second kappa shape index (κ2) is 6.76. The van der Waals surface area contributed by atoms with E-state index in [9.17, 15) is 0 Å². The zero-order chi connectivity index (χ0) is 13.8. The summed E-state index contributed by atoms with van der Waals surface area (Å²) in [5, 5.41) is 3.53. The summed E-state index contributed by atoms with van der Waals surface area (Å²) in [5.41, 5.74) is 2.82. The van der Waals surface area contributed by atoms with Crippen molar-refractivity contribution in [2.24, 2.45) is 5.92 Å². The second-order valence-electron chi connectivity index (χ2n) is 5.49. The molecule has 1 saturated heterocycles. The van der Waals surface area contributed by atoms with Crippen LogP contribution in [0.4, 0.5) is 5.69 Å². The minimum Gasteiger partial charge on any atom is -0.371 e. The first kappa shape index (κ1) is 14.9. The number of rotatable bonds is 5. The molecule has 2 rings (SSSR count). The Morgan fingerprint density at radius 3 is 2.84 bits per heavy atom. The molecule has 1 aromatic carbocycles. The molecule has 3 heteroatoms. The minimum atomic E-state index is 0.401. The van der Waals surface area contributed by atoms with E-state index in [1.165, 1.54) is 41.7 Å². The van der Waals surface area contributed by atoms with Crippen LogP contribution in [0.5, 0.6) is 0 Å². The van der Waals surface area contributed by atoms with Gasteiger partial charge in [0.25, 0.3) is 0 Å². The molecule has 1 aliphatic heterocycles. The van der Waals surface area contributed by atoms with E-state index >= 15 is 0 Å². The predicted octanol–water partition coefficient (Wildman–Crippen LogP) is 4.36. The molecule has 106 valence electrons. The van der Waals surface area contributed by atoms with Crippen LogP contribution in [-0.4, -0.2) is 19.6 Å². The molecule has 0 radical (unpaired) electrons. The predicted molar refractivity (Wildman–Crippen MR) is 86.8 cm³/mol. The van der Waals surface area contributed by atoms with E-state index in [2.05, 4.69) is 65.1 Å². The Bertz CT molecular complexity index is 419. The van der Waals surface area contributed by atoms with Crippen molar-refractivity contribution >= 4 is 21.6 Å². The molecule has 0 bridgehead atoms. The Kier molecular flexibility index (Phi) is 5.28. The van der Waals surface area contributed by atoms with Crippen molar-refractivity contribution in [1.29, 1.82) is 0 Å². The summed E-state index contributed by atoms with van der Waals surface area (Å²) < 4.78 is 1.17. The quantitative estimate of drug-likeness (QED) is 0.865. The molecule has 1 aromatic rings. The SMILES string of the molecule is CCNC(C)c1cc(Br)ccc1N1CCC(CC)C1. The van der Waals surface area contributed by atoms with E-state index in [1.807, 2.05) is 0 Å². The molecule has 19 heavy (non-hydrogen) atoms. The van der Waals surface area contributed by atoms with Crippen LogP contribution in [0.2, 0.25) is 0 Å². The average molecular weight is 325 g/mol. The van der Waals surface area contributed by atoms with Crippen molar-refractivity contribution in [1.82, 2.24) is 5.32 Å². The lowest BCUT2D eigenvalue weighted by Crippen LogP contribution is -2.25. The Hall–Kier alpha value is -0.540. The average Bonchev–Trinajstić information content (AvgIpc) is 2.87. The van der Waals surface area contributed by atoms with Crippen molar-refractivity contribution in [3.05, 3.63) is 28.2 Å². The zero-order valence-corrected chi connectivity index (χ0v) is 13.8. The lowest BCUT2D eigenvalue weighted by atomic mass is 10.0. The second-order valence-corrected chi connectivity index (χ2v) is 6.41. The molecule has 0 aliphatic carbocycles. The molecule has 1 heterocycles. The highest BCUT2D eigenvalue weighted by molar-refractivity contribution is 9.10. The monoisotopic (exact) mass is 324 g/mol. The summed E-state index contributed by atoms with van der Waals surface area (Å²) in [6, 6.07) is 7.10. The molecule has 0 saturated carbocycles.